The van der Waals surface area contributed by atoms with Crippen LogP contribution in [-0.4, -0.2) is 7.11 Å². The average Bonchev–Trinajstić information content (AvgIpc) is 2.04. The fourth-order valence-electron chi connectivity index (χ4n) is 0.912. The number of hydrogen-bond donors (Lipinski definition) is 1. The highest BCUT2D eigenvalue weighted by molar-refractivity contribution is 6.35. The van der Waals surface area contributed by atoms with Gasteiger partial charge in [-0.1, -0.05) is 29.8 Å². The third kappa shape index (κ3) is 2.62. The van der Waals surface area contributed by atoms with E-state index in [2.05, 4.69) is 12.1 Å². The number of halogens is 2. The second-order valence-electron chi connectivity index (χ2n) is 2.41. The summed E-state index contributed by atoms with van der Waals surface area (Å²) in [7, 11) is 1.51. The third-order valence-electron chi connectivity index (χ3n) is 1.48. The Morgan fingerprint density at radius 1 is 1.46 bits per heavy atom. The fraction of sp³-hybridized carbons (Fsp3) is 0.111. The SMILES string of the molecule is C=C(NOC)c1ccc(Cl)cc1Cl. The van der Waals surface area contributed by atoms with Gasteiger partial charge >= 0.3 is 0 Å². The van der Waals surface area contributed by atoms with Gasteiger partial charge in [0.05, 0.1) is 17.8 Å². The van der Waals surface area contributed by atoms with Crippen molar-refractivity contribution in [3.05, 3.63) is 40.4 Å². The number of hydroxylamine groups is 1. The van der Waals surface area contributed by atoms with Crippen LogP contribution in [0.25, 0.3) is 5.70 Å². The molecule has 0 spiro atoms. The molecule has 4 heteroatoms. The van der Waals surface area contributed by atoms with E-state index in [-0.39, 0.29) is 0 Å². The van der Waals surface area contributed by atoms with Crippen molar-refractivity contribution in [2.75, 3.05) is 7.11 Å². The first kappa shape index (κ1) is 10.4. The summed E-state index contributed by atoms with van der Waals surface area (Å²) in [6.45, 7) is 3.74. The molecule has 1 N–H and O–H groups in total. The summed E-state index contributed by atoms with van der Waals surface area (Å²) in [6.07, 6.45) is 0. The predicted molar refractivity (Wildman–Crippen MR) is 55.6 cm³/mol. The lowest BCUT2D eigenvalue weighted by atomic mass is 10.2. The third-order valence-corrected chi connectivity index (χ3v) is 2.03. The van der Waals surface area contributed by atoms with E-state index in [9.17, 15) is 0 Å². The summed E-state index contributed by atoms with van der Waals surface area (Å²) in [5, 5.41) is 1.14. The molecule has 0 aliphatic rings. The zero-order valence-corrected chi connectivity index (χ0v) is 8.62. The van der Waals surface area contributed by atoms with E-state index in [0.29, 0.717) is 15.7 Å². The molecule has 0 unspecified atom stereocenters. The van der Waals surface area contributed by atoms with E-state index in [1.54, 1.807) is 18.2 Å². The molecule has 1 aromatic rings. The van der Waals surface area contributed by atoms with E-state index in [1.165, 1.54) is 7.11 Å². The van der Waals surface area contributed by atoms with Crippen molar-refractivity contribution >= 4 is 28.9 Å². The first-order chi connectivity index (χ1) is 6.15. The minimum atomic E-state index is 0.544. The lowest BCUT2D eigenvalue weighted by Crippen LogP contribution is -2.08. The Hall–Kier alpha value is -0.700. The minimum absolute atomic E-state index is 0.544. The van der Waals surface area contributed by atoms with Crippen LogP contribution in [0.5, 0.6) is 0 Å². The van der Waals surface area contributed by atoms with Gasteiger partial charge in [-0.05, 0) is 18.2 Å². The van der Waals surface area contributed by atoms with Gasteiger partial charge in [-0.25, -0.2) is 0 Å². The summed E-state index contributed by atoms with van der Waals surface area (Å²) >= 11 is 11.7. The summed E-state index contributed by atoms with van der Waals surface area (Å²) in [5.74, 6) is 0. The summed E-state index contributed by atoms with van der Waals surface area (Å²) in [6, 6.07) is 5.17. The van der Waals surface area contributed by atoms with Crippen LogP contribution in [-0.2, 0) is 4.84 Å². The van der Waals surface area contributed by atoms with Crippen LogP contribution in [0.15, 0.2) is 24.8 Å². The van der Waals surface area contributed by atoms with Gasteiger partial charge in [0.25, 0.3) is 0 Å². The van der Waals surface area contributed by atoms with Crippen LogP contribution in [0, 0.1) is 0 Å². The molecule has 0 bridgehead atoms. The van der Waals surface area contributed by atoms with Crippen molar-refractivity contribution in [3.8, 4) is 0 Å². The molecule has 0 aromatic heterocycles. The Morgan fingerprint density at radius 2 is 2.15 bits per heavy atom. The van der Waals surface area contributed by atoms with Crippen molar-refractivity contribution in [3.63, 3.8) is 0 Å². The summed E-state index contributed by atoms with van der Waals surface area (Å²) in [5.41, 5.74) is 3.97. The largest absolute Gasteiger partial charge is 0.279 e. The molecular formula is C9H9Cl2NO. The van der Waals surface area contributed by atoms with Crippen molar-refractivity contribution in [1.82, 2.24) is 5.48 Å². The van der Waals surface area contributed by atoms with E-state index < -0.39 is 0 Å². The number of benzene rings is 1. The van der Waals surface area contributed by atoms with Gasteiger partial charge in [0.2, 0.25) is 0 Å². The van der Waals surface area contributed by atoms with Crippen molar-refractivity contribution < 1.29 is 4.84 Å². The molecule has 0 aliphatic heterocycles. The maximum atomic E-state index is 5.92. The summed E-state index contributed by atoms with van der Waals surface area (Å²) in [4.78, 5) is 4.70. The van der Waals surface area contributed by atoms with Gasteiger partial charge in [-0.15, -0.1) is 0 Å². The molecule has 0 atom stereocenters. The molecule has 0 saturated heterocycles. The predicted octanol–water partition coefficient (Wildman–Crippen LogP) is 3.12. The van der Waals surface area contributed by atoms with Crippen LogP contribution in [0.1, 0.15) is 5.56 Å². The lowest BCUT2D eigenvalue weighted by molar-refractivity contribution is 0.137. The molecule has 0 saturated carbocycles. The fourth-order valence-corrected chi connectivity index (χ4v) is 1.43. The quantitative estimate of drug-likeness (QED) is 0.787. The normalized spacial score (nSPS) is 9.77. The Bertz CT molecular complexity index is 325. The van der Waals surface area contributed by atoms with Crippen molar-refractivity contribution in [2.24, 2.45) is 0 Å². The Balaban J connectivity index is 2.95. The molecule has 1 rings (SSSR count). The standard InChI is InChI=1S/C9H9Cl2NO/c1-6(12-13-2)8-4-3-7(10)5-9(8)11/h3-5,12H,1H2,2H3. The monoisotopic (exact) mass is 217 g/mol. The highest BCUT2D eigenvalue weighted by Crippen LogP contribution is 2.24. The van der Waals surface area contributed by atoms with Crippen LogP contribution in [0.2, 0.25) is 10.0 Å². The molecule has 0 aliphatic carbocycles. The van der Waals surface area contributed by atoms with Crippen LogP contribution in [0.3, 0.4) is 0 Å². The Kier molecular flexibility index (Phi) is 3.60. The highest BCUT2D eigenvalue weighted by atomic mass is 35.5. The highest BCUT2D eigenvalue weighted by Gasteiger charge is 2.03. The van der Waals surface area contributed by atoms with Crippen LogP contribution in [0.4, 0.5) is 0 Å². The molecule has 0 fully saturated rings. The maximum absolute atomic E-state index is 5.92. The molecule has 0 radical (unpaired) electrons. The summed E-state index contributed by atoms with van der Waals surface area (Å²) < 4.78 is 0. The van der Waals surface area contributed by atoms with E-state index in [1.807, 2.05) is 0 Å². The topological polar surface area (TPSA) is 21.3 Å². The van der Waals surface area contributed by atoms with Crippen LogP contribution >= 0.6 is 23.2 Å². The van der Waals surface area contributed by atoms with E-state index in [4.69, 9.17) is 28.0 Å². The molecule has 13 heavy (non-hydrogen) atoms. The van der Waals surface area contributed by atoms with Gasteiger partial charge in [0.15, 0.2) is 0 Å². The maximum Gasteiger partial charge on any atom is 0.0636 e. The molecule has 0 amide bonds. The number of rotatable bonds is 3. The van der Waals surface area contributed by atoms with E-state index >= 15 is 0 Å². The zero-order valence-electron chi connectivity index (χ0n) is 7.10. The van der Waals surface area contributed by atoms with Gasteiger partial charge in [0, 0.05) is 10.6 Å². The van der Waals surface area contributed by atoms with E-state index in [0.717, 1.165) is 5.56 Å². The molecule has 70 valence electrons. The van der Waals surface area contributed by atoms with Gasteiger partial charge < -0.3 is 0 Å². The second-order valence-corrected chi connectivity index (χ2v) is 3.25. The van der Waals surface area contributed by atoms with Crippen LogP contribution < -0.4 is 5.48 Å². The average molecular weight is 218 g/mol. The second kappa shape index (κ2) is 4.51. The van der Waals surface area contributed by atoms with Gasteiger partial charge in [-0.2, -0.15) is 0 Å². The van der Waals surface area contributed by atoms with Gasteiger partial charge in [0.1, 0.15) is 0 Å². The number of hydrogen-bond acceptors (Lipinski definition) is 2. The number of nitrogens with one attached hydrogen (secondary N) is 1. The smallest absolute Gasteiger partial charge is 0.0636 e. The first-order valence-electron chi connectivity index (χ1n) is 3.58. The van der Waals surface area contributed by atoms with Crippen molar-refractivity contribution in [2.45, 2.75) is 0 Å². The molecule has 2 nitrogen and oxygen atoms in total. The first-order valence-corrected chi connectivity index (χ1v) is 4.34. The van der Waals surface area contributed by atoms with Gasteiger partial charge in [-0.3, -0.25) is 10.3 Å². The Labute approximate surface area is 87.1 Å². The molecule has 0 heterocycles. The minimum Gasteiger partial charge on any atom is -0.279 e. The van der Waals surface area contributed by atoms with Crippen molar-refractivity contribution in [1.29, 1.82) is 0 Å². The molecule has 1 aromatic carbocycles. The molecular weight excluding hydrogens is 209 g/mol. The lowest BCUT2D eigenvalue weighted by Gasteiger charge is -2.08. The zero-order chi connectivity index (χ0) is 9.84. The Morgan fingerprint density at radius 3 is 2.69 bits per heavy atom.